The van der Waals surface area contributed by atoms with Crippen LogP contribution in [-0.2, 0) is 6.54 Å². The third kappa shape index (κ3) is 4.02. The van der Waals surface area contributed by atoms with Crippen molar-refractivity contribution in [3.8, 4) is 0 Å². The van der Waals surface area contributed by atoms with Gasteiger partial charge in [-0.1, -0.05) is 44.2 Å². The van der Waals surface area contributed by atoms with Gasteiger partial charge in [-0.2, -0.15) is 0 Å². The van der Waals surface area contributed by atoms with Gasteiger partial charge in [-0.3, -0.25) is 0 Å². The first kappa shape index (κ1) is 12.2. The summed E-state index contributed by atoms with van der Waals surface area (Å²) in [6, 6.07) is 10.2. The fourth-order valence-corrected chi connectivity index (χ4v) is 1.26. The summed E-state index contributed by atoms with van der Waals surface area (Å²) in [4.78, 5) is 0. The van der Waals surface area contributed by atoms with Crippen LogP contribution in [0.4, 0.5) is 0 Å². The summed E-state index contributed by atoms with van der Waals surface area (Å²) in [7, 11) is 0. The Kier molecular flexibility index (Phi) is 4.30. The second-order valence-electron chi connectivity index (χ2n) is 4.60. The van der Waals surface area contributed by atoms with Gasteiger partial charge < -0.3 is 10.4 Å². The third-order valence-corrected chi connectivity index (χ3v) is 2.90. The molecule has 2 heteroatoms. The van der Waals surface area contributed by atoms with Crippen molar-refractivity contribution in [1.29, 1.82) is 0 Å². The van der Waals surface area contributed by atoms with Crippen LogP contribution in [-0.4, -0.2) is 17.3 Å². The van der Waals surface area contributed by atoms with E-state index in [9.17, 15) is 5.11 Å². The summed E-state index contributed by atoms with van der Waals surface area (Å²) < 4.78 is 0. The number of hydrogen-bond donors (Lipinski definition) is 2. The number of rotatable bonds is 5. The maximum Gasteiger partial charge on any atom is 0.0766 e. The Bertz CT molecular complexity index is 280. The van der Waals surface area contributed by atoms with E-state index in [1.54, 1.807) is 0 Å². The van der Waals surface area contributed by atoms with Gasteiger partial charge in [-0.15, -0.1) is 0 Å². The molecular weight excluding hydrogens is 186 g/mol. The van der Waals surface area contributed by atoms with E-state index in [4.69, 9.17) is 0 Å². The molecule has 84 valence electrons. The topological polar surface area (TPSA) is 32.3 Å². The Labute approximate surface area is 92.3 Å². The van der Waals surface area contributed by atoms with Gasteiger partial charge in [0.15, 0.2) is 0 Å². The molecule has 0 bridgehead atoms. The Balaban J connectivity index is 2.34. The molecule has 0 radical (unpaired) electrons. The minimum absolute atomic E-state index is 0.265. The summed E-state index contributed by atoms with van der Waals surface area (Å²) in [5, 5.41) is 13.3. The predicted octanol–water partition coefficient (Wildman–Crippen LogP) is 2.18. The van der Waals surface area contributed by atoms with E-state index in [0.29, 0.717) is 6.54 Å². The van der Waals surface area contributed by atoms with Crippen LogP contribution in [0.5, 0.6) is 0 Å². The minimum Gasteiger partial charge on any atom is -0.389 e. The van der Waals surface area contributed by atoms with Crippen molar-refractivity contribution < 1.29 is 5.11 Å². The van der Waals surface area contributed by atoms with Crippen LogP contribution in [0, 0.1) is 5.92 Å². The third-order valence-electron chi connectivity index (χ3n) is 2.90. The van der Waals surface area contributed by atoms with Crippen LogP contribution in [0.3, 0.4) is 0 Å². The van der Waals surface area contributed by atoms with E-state index >= 15 is 0 Å². The van der Waals surface area contributed by atoms with Crippen molar-refractivity contribution in [2.45, 2.75) is 32.9 Å². The van der Waals surface area contributed by atoms with Crippen molar-refractivity contribution in [3.05, 3.63) is 35.9 Å². The lowest BCUT2D eigenvalue weighted by Gasteiger charge is -2.28. The van der Waals surface area contributed by atoms with E-state index in [2.05, 4.69) is 17.4 Å². The van der Waals surface area contributed by atoms with Crippen molar-refractivity contribution in [2.75, 3.05) is 6.54 Å². The molecule has 0 fully saturated rings. The molecule has 0 aromatic heterocycles. The molecule has 0 amide bonds. The Morgan fingerprint density at radius 3 is 2.40 bits per heavy atom. The van der Waals surface area contributed by atoms with Crippen LogP contribution in [0.1, 0.15) is 26.3 Å². The maximum absolute atomic E-state index is 10.0. The quantitative estimate of drug-likeness (QED) is 0.775. The summed E-state index contributed by atoms with van der Waals surface area (Å²) in [6.07, 6.45) is 0. The first-order valence-electron chi connectivity index (χ1n) is 5.49. The molecule has 15 heavy (non-hydrogen) atoms. The molecule has 1 aromatic rings. The lowest BCUT2D eigenvalue weighted by molar-refractivity contribution is 0.0140. The highest BCUT2D eigenvalue weighted by Gasteiger charge is 2.23. The second-order valence-corrected chi connectivity index (χ2v) is 4.60. The van der Waals surface area contributed by atoms with Crippen molar-refractivity contribution in [1.82, 2.24) is 5.32 Å². The molecule has 0 aliphatic rings. The van der Waals surface area contributed by atoms with E-state index < -0.39 is 5.60 Å². The van der Waals surface area contributed by atoms with Crippen molar-refractivity contribution in [3.63, 3.8) is 0 Å². The molecule has 2 nitrogen and oxygen atoms in total. The maximum atomic E-state index is 10.0. The standard InChI is InChI=1S/C13H21NO/c1-11(2)13(3,15)10-14-9-12-7-5-4-6-8-12/h4-8,11,14-15H,9-10H2,1-3H3. The Morgan fingerprint density at radius 1 is 1.27 bits per heavy atom. The lowest BCUT2D eigenvalue weighted by atomic mass is 9.92. The molecule has 0 heterocycles. The Hall–Kier alpha value is -0.860. The normalized spacial score (nSPS) is 15.3. The predicted molar refractivity (Wildman–Crippen MR) is 63.6 cm³/mol. The molecule has 2 N–H and O–H groups in total. The lowest BCUT2D eigenvalue weighted by Crippen LogP contribution is -2.41. The van der Waals surface area contributed by atoms with E-state index in [-0.39, 0.29) is 5.92 Å². The molecule has 0 spiro atoms. The highest BCUT2D eigenvalue weighted by molar-refractivity contribution is 5.14. The summed E-state index contributed by atoms with van der Waals surface area (Å²) in [6.45, 7) is 7.37. The van der Waals surface area contributed by atoms with Gasteiger partial charge in [-0.25, -0.2) is 0 Å². The average Bonchev–Trinajstić information content (AvgIpc) is 2.19. The van der Waals surface area contributed by atoms with Crippen LogP contribution in [0.2, 0.25) is 0 Å². The van der Waals surface area contributed by atoms with E-state index in [1.165, 1.54) is 5.56 Å². The summed E-state index contributed by atoms with van der Waals surface area (Å²) >= 11 is 0. The first-order valence-corrected chi connectivity index (χ1v) is 5.49. The van der Waals surface area contributed by atoms with E-state index in [1.807, 2.05) is 39.0 Å². The molecule has 0 aliphatic heterocycles. The van der Waals surface area contributed by atoms with Gasteiger partial charge in [0.2, 0.25) is 0 Å². The van der Waals surface area contributed by atoms with Crippen molar-refractivity contribution >= 4 is 0 Å². The Morgan fingerprint density at radius 2 is 1.87 bits per heavy atom. The van der Waals surface area contributed by atoms with Crippen LogP contribution in [0.25, 0.3) is 0 Å². The van der Waals surface area contributed by atoms with Gasteiger partial charge in [0.1, 0.15) is 0 Å². The van der Waals surface area contributed by atoms with Crippen LogP contribution in [0.15, 0.2) is 30.3 Å². The van der Waals surface area contributed by atoms with E-state index in [0.717, 1.165) is 6.54 Å². The highest BCUT2D eigenvalue weighted by atomic mass is 16.3. The molecular formula is C13H21NO. The molecule has 1 aromatic carbocycles. The molecule has 0 saturated heterocycles. The van der Waals surface area contributed by atoms with Gasteiger partial charge in [0, 0.05) is 13.1 Å². The zero-order chi connectivity index (χ0) is 11.3. The van der Waals surface area contributed by atoms with Gasteiger partial charge in [0.25, 0.3) is 0 Å². The summed E-state index contributed by atoms with van der Waals surface area (Å²) in [5.74, 6) is 0.265. The zero-order valence-corrected chi connectivity index (χ0v) is 9.83. The number of nitrogens with one attached hydrogen (secondary N) is 1. The van der Waals surface area contributed by atoms with Gasteiger partial charge in [0.05, 0.1) is 5.60 Å². The zero-order valence-electron chi connectivity index (χ0n) is 9.83. The fraction of sp³-hybridized carbons (Fsp3) is 0.538. The van der Waals surface area contributed by atoms with Crippen molar-refractivity contribution in [2.24, 2.45) is 5.92 Å². The summed E-state index contributed by atoms with van der Waals surface area (Å²) in [5.41, 5.74) is 0.617. The molecule has 1 atom stereocenters. The number of hydrogen-bond acceptors (Lipinski definition) is 2. The first-order chi connectivity index (χ1) is 7.02. The fourth-order valence-electron chi connectivity index (χ4n) is 1.26. The van der Waals surface area contributed by atoms with Crippen LogP contribution >= 0.6 is 0 Å². The van der Waals surface area contributed by atoms with Gasteiger partial charge in [-0.05, 0) is 18.4 Å². The largest absolute Gasteiger partial charge is 0.389 e. The highest BCUT2D eigenvalue weighted by Crippen LogP contribution is 2.14. The van der Waals surface area contributed by atoms with Gasteiger partial charge >= 0.3 is 0 Å². The molecule has 1 unspecified atom stereocenters. The monoisotopic (exact) mass is 207 g/mol. The average molecular weight is 207 g/mol. The SMILES string of the molecule is CC(C)C(C)(O)CNCc1ccccc1. The smallest absolute Gasteiger partial charge is 0.0766 e. The second kappa shape index (κ2) is 5.29. The van der Waals surface area contributed by atoms with Crippen LogP contribution < -0.4 is 5.32 Å². The molecule has 0 saturated carbocycles. The number of aliphatic hydroxyl groups is 1. The number of benzene rings is 1. The molecule has 1 rings (SSSR count). The molecule has 0 aliphatic carbocycles. The minimum atomic E-state index is -0.630.